The maximum absolute atomic E-state index is 12.1. The van der Waals surface area contributed by atoms with Crippen molar-refractivity contribution in [2.45, 2.75) is 19.6 Å². The smallest absolute Gasteiger partial charge is 0.345 e. The molecule has 0 spiro atoms. The Morgan fingerprint density at radius 1 is 1.17 bits per heavy atom. The van der Waals surface area contributed by atoms with E-state index in [1.807, 2.05) is 19.1 Å². The highest BCUT2D eigenvalue weighted by Gasteiger charge is 2.27. The van der Waals surface area contributed by atoms with Crippen LogP contribution in [0.25, 0.3) is 11.3 Å². The molecule has 1 amide bonds. The highest BCUT2D eigenvalue weighted by atomic mass is 19.4. The van der Waals surface area contributed by atoms with E-state index in [4.69, 9.17) is 0 Å². The van der Waals surface area contributed by atoms with Gasteiger partial charge in [-0.2, -0.15) is 18.3 Å². The minimum Gasteiger partial charge on any atom is -0.345 e. The van der Waals surface area contributed by atoms with Crippen molar-refractivity contribution in [3.63, 3.8) is 0 Å². The second-order valence-electron chi connectivity index (χ2n) is 4.97. The van der Waals surface area contributed by atoms with Crippen LogP contribution in [-0.2, 0) is 11.3 Å². The molecule has 122 valence electrons. The van der Waals surface area contributed by atoms with Crippen molar-refractivity contribution in [1.82, 2.24) is 15.1 Å². The summed E-state index contributed by atoms with van der Waals surface area (Å²) in [6, 6.07) is 10.0. The molecule has 5 nitrogen and oxygen atoms in total. The highest BCUT2D eigenvalue weighted by molar-refractivity contribution is 5.75. The molecule has 0 aliphatic heterocycles. The number of alkyl halides is 3. The van der Waals surface area contributed by atoms with Gasteiger partial charge in [0.15, 0.2) is 0 Å². The molecule has 2 rings (SSSR count). The quantitative estimate of drug-likeness (QED) is 0.934. The number of hydrogen-bond donors (Lipinski definition) is 1. The standard InChI is InChI=1S/C15H14F3N3O2/c1-10-2-4-11(5-3-10)12-6-7-14(23)21(20-12)8-13(22)19-9-15(16,17)18/h2-7H,8-9H2,1H3,(H,19,22). The van der Waals surface area contributed by atoms with Crippen LogP contribution in [0.1, 0.15) is 5.56 Å². The van der Waals surface area contributed by atoms with Gasteiger partial charge in [0.1, 0.15) is 13.1 Å². The molecule has 0 radical (unpaired) electrons. The maximum atomic E-state index is 12.1. The molecule has 0 fully saturated rings. The molecule has 0 saturated carbocycles. The Balaban J connectivity index is 2.16. The fourth-order valence-electron chi connectivity index (χ4n) is 1.83. The molecular weight excluding hydrogens is 311 g/mol. The summed E-state index contributed by atoms with van der Waals surface area (Å²) in [5, 5.41) is 5.72. The Kier molecular flexibility index (Phi) is 4.83. The van der Waals surface area contributed by atoms with Crippen LogP contribution in [-0.4, -0.2) is 28.4 Å². The number of benzene rings is 1. The van der Waals surface area contributed by atoms with Crippen molar-refractivity contribution in [2.24, 2.45) is 0 Å². The van der Waals surface area contributed by atoms with Crippen molar-refractivity contribution in [2.75, 3.05) is 6.54 Å². The zero-order valence-electron chi connectivity index (χ0n) is 12.2. The number of nitrogens with zero attached hydrogens (tertiary/aromatic N) is 2. The predicted octanol–water partition coefficient (Wildman–Crippen LogP) is 1.90. The second kappa shape index (κ2) is 6.64. The molecule has 0 unspecified atom stereocenters. The third kappa shape index (κ3) is 4.94. The van der Waals surface area contributed by atoms with E-state index < -0.39 is 30.7 Å². The topological polar surface area (TPSA) is 64.0 Å². The van der Waals surface area contributed by atoms with Crippen LogP contribution < -0.4 is 10.9 Å². The van der Waals surface area contributed by atoms with Crippen molar-refractivity contribution in [1.29, 1.82) is 0 Å². The minimum absolute atomic E-state index is 0.452. The molecular formula is C15H14F3N3O2. The molecule has 0 saturated heterocycles. The van der Waals surface area contributed by atoms with E-state index in [-0.39, 0.29) is 0 Å². The van der Waals surface area contributed by atoms with E-state index in [9.17, 15) is 22.8 Å². The summed E-state index contributed by atoms with van der Waals surface area (Å²) in [6.07, 6.45) is -4.50. The van der Waals surface area contributed by atoms with Crippen LogP contribution >= 0.6 is 0 Å². The van der Waals surface area contributed by atoms with E-state index in [0.717, 1.165) is 15.8 Å². The Bertz CT molecular complexity index is 752. The van der Waals surface area contributed by atoms with E-state index in [2.05, 4.69) is 5.10 Å². The summed E-state index contributed by atoms with van der Waals surface area (Å²) in [5.41, 5.74) is 1.67. The number of aromatic nitrogens is 2. The molecule has 0 aliphatic carbocycles. The van der Waals surface area contributed by atoms with Gasteiger partial charge in [-0.25, -0.2) is 4.68 Å². The first-order valence-electron chi connectivity index (χ1n) is 6.73. The number of amides is 1. The summed E-state index contributed by atoms with van der Waals surface area (Å²) in [7, 11) is 0. The van der Waals surface area contributed by atoms with Crippen LogP contribution in [0.3, 0.4) is 0 Å². The van der Waals surface area contributed by atoms with Gasteiger partial charge < -0.3 is 5.32 Å². The van der Waals surface area contributed by atoms with Crippen molar-refractivity contribution >= 4 is 5.91 Å². The first-order chi connectivity index (χ1) is 10.7. The number of hydrogen-bond acceptors (Lipinski definition) is 3. The molecule has 23 heavy (non-hydrogen) atoms. The van der Waals surface area contributed by atoms with Crippen LogP contribution in [0.15, 0.2) is 41.2 Å². The zero-order chi connectivity index (χ0) is 17.0. The van der Waals surface area contributed by atoms with Crippen molar-refractivity contribution in [3.05, 3.63) is 52.3 Å². The van der Waals surface area contributed by atoms with Crippen LogP contribution in [0.4, 0.5) is 13.2 Å². The third-order valence-corrected chi connectivity index (χ3v) is 2.99. The van der Waals surface area contributed by atoms with Gasteiger partial charge in [-0.1, -0.05) is 29.8 Å². The SMILES string of the molecule is Cc1ccc(-c2ccc(=O)n(CC(=O)NCC(F)(F)F)n2)cc1. The average Bonchev–Trinajstić information content (AvgIpc) is 2.48. The number of carbonyl (C=O) groups is 1. The minimum atomic E-state index is -4.50. The lowest BCUT2D eigenvalue weighted by Gasteiger charge is -2.10. The molecule has 1 aromatic heterocycles. The largest absolute Gasteiger partial charge is 0.405 e. The van der Waals surface area contributed by atoms with Crippen molar-refractivity contribution < 1.29 is 18.0 Å². The molecule has 1 aromatic carbocycles. The first-order valence-corrected chi connectivity index (χ1v) is 6.73. The van der Waals surface area contributed by atoms with Crippen LogP contribution in [0, 0.1) is 6.92 Å². The second-order valence-corrected chi connectivity index (χ2v) is 4.97. The van der Waals surface area contributed by atoms with E-state index >= 15 is 0 Å². The van der Waals surface area contributed by atoms with E-state index in [0.29, 0.717) is 5.69 Å². The number of rotatable bonds is 4. The maximum Gasteiger partial charge on any atom is 0.405 e. The fourth-order valence-corrected chi connectivity index (χ4v) is 1.83. The Labute approximate surface area is 129 Å². The Morgan fingerprint density at radius 3 is 2.43 bits per heavy atom. The van der Waals surface area contributed by atoms with E-state index in [1.165, 1.54) is 12.1 Å². The highest BCUT2D eigenvalue weighted by Crippen LogP contribution is 2.16. The number of carbonyl (C=O) groups excluding carboxylic acids is 1. The fraction of sp³-hybridized carbons (Fsp3) is 0.267. The molecule has 8 heteroatoms. The van der Waals surface area contributed by atoms with Gasteiger partial charge in [0.25, 0.3) is 5.56 Å². The first kappa shape index (κ1) is 16.7. The molecule has 0 atom stereocenters. The summed E-state index contributed by atoms with van der Waals surface area (Å²) in [4.78, 5) is 23.2. The number of aryl methyl sites for hydroxylation is 1. The number of nitrogens with one attached hydrogen (secondary N) is 1. The van der Waals surface area contributed by atoms with Gasteiger partial charge in [-0.3, -0.25) is 9.59 Å². The summed E-state index contributed by atoms with van der Waals surface area (Å²) in [5.74, 6) is -0.932. The van der Waals surface area contributed by atoms with Gasteiger partial charge in [0.2, 0.25) is 5.91 Å². The van der Waals surface area contributed by atoms with Crippen LogP contribution in [0.2, 0.25) is 0 Å². The molecule has 0 aliphatic rings. The van der Waals surface area contributed by atoms with Gasteiger partial charge in [-0.05, 0) is 13.0 Å². The molecule has 1 N–H and O–H groups in total. The van der Waals surface area contributed by atoms with Gasteiger partial charge in [-0.15, -0.1) is 0 Å². The van der Waals surface area contributed by atoms with Gasteiger partial charge in [0, 0.05) is 11.6 Å². The normalized spacial score (nSPS) is 11.3. The third-order valence-electron chi connectivity index (χ3n) is 2.99. The Hall–Kier alpha value is -2.64. The average molecular weight is 325 g/mol. The molecule has 2 aromatic rings. The molecule has 1 heterocycles. The summed E-state index contributed by atoms with van der Waals surface area (Å²) in [6.45, 7) is -0.101. The number of halogens is 3. The summed E-state index contributed by atoms with van der Waals surface area (Å²) >= 11 is 0. The predicted molar refractivity (Wildman–Crippen MR) is 77.7 cm³/mol. The zero-order valence-corrected chi connectivity index (χ0v) is 12.2. The lowest BCUT2D eigenvalue weighted by atomic mass is 10.1. The van der Waals surface area contributed by atoms with Gasteiger partial charge in [0.05, 0.1) is 5.69 Å². The lowest BCUT2D eigenvalue weighted by molar-refractivity contribution is -0.138. The molecule has 0 bridgehead atoms. The lowest BCUT2D eigenvalue weighted by Crippen LogP contribution is -2.38. The Morgan fingerprint density at radius 2 is 1.83 bits per heavy atom. The van der Waals surface area contributed by atoms with Crippen LogP contribution in [0.5, 0.6) is 0 Å². The summed E-state index contributed by atoms with van der Waals surface area (Å²) < 4.78 is 37.0. The van der Waals surface area contributed by atoms with Gasteiger partial charge >= 0.3 is 6.18 Å². The van der Waals surface area contributed by atoms with E-state index in [1.54, 1.807) is 17.4 Å². The van der Waals surface area contributed by atoms with Crippen molar-refractivity contribution in [3.8, 4) is 11.3 Å². The monoisotopic (exact) mass is 325 g/mol.